The molecule has 1 rings (SSSR count). The largest absolute Gasteiger partial charge is 0.317 e. The number of benzene rings is 1. The average molecular weight is 140 g/mol. The Labute approximate surface area is 58.7 Å². The zero-order valence-electron chi connectivity index (χ0n) is 4.87. The molecule has 0 aromatic heterocycles. The maximum Gasteiger partial charge on any atom is 0.0451 e. The van der Waals surface area contributed by atoms with Crippen LogP contribution in [0, 0.1) is 0 Å². The summed E-state index contributed by atoms with van der Waals surface area (Å²) in [7, 11) is 0. The molecule has 0 fully saturated rings. The Morgan fingerprint density at radius 1 is 1.22 bits per heavy atom. The van der Waals surface area contributed by atoms with Gasteiger partial charge in [0.25, 0.3) is 0 Å². The van der Waals surface area contributed by atoms with Gasteiger partial charge >= 0.3 is 0 Å². The fourth-order valence-electron chi connectivity index (χ4n) is 0.574. The Hall–Kier alpha value is -0.670. The first kappa shape index (κ1) is 6.45. The fourth-order valence-corrected chi connectivity index (χ4v) is 0.846. The van der Waals surface area contributed by atoms with Gasteiger partial charge in [-0.3, -0.25) is 5.14 Å². The maximum absolute atomic E-state index is 5.17. The topological polar surface area (TPSA) is 38.0 Å². The highest BCUT2D eigenvalue weighted by atomic mass is 32.2. The van der Waals surface area contributed by atoms with Gasteiger partial charge in [0.2, 0.25) is 0 Å². The van der Waals surface area contributed by atoms with Gasteiger partial charge in [0.1, 0.15) is 0 Å². The summed E-state index contributed by atoms with van der Waals surface area (Å²) >= 11 is 1.10. The molecule has 0 bridgehead atoms. The maximum atomic E-state index is 5.17. The van der Waals surface area contributed by atoms with E-state index in [9.17, 15) is 0 Å². The lowest BCUT2D eigenvalue weighted by Gasteiger charge is -1.97. The van der Waals surface area contributed by atoms with Gasteiger partial charge in [0.15, 0.2) is 0 Å². The van der Waals surface area contributed by atoms with Crippen molar-refractivity contribution in [3.63, 3.8) is 0 Å². The smallest absolute Gasteiger partial charge is 0.0451 e. The highest BCUT2D eigenvalue weighted by molar-refractivity contribution is 7.98. The molecule has 0 unspecified atom stereocenters. The van der Waals surface area contributed by atoms with Crippen molar-refractivity contribution in [1.29, 1.82) is 0 Å². The predicted octanol–water partition coefficient (Wildman–Crippen LogP) is 1.62. The molecule has 0 aliphatic carbocycles. The number of para-hydroxylation sites is 1. The number of nitrogens with two attached hydrogens (primary N) is 1. The molecule has 0 heterocycles. The van der Waals surface area contributed by atoms with Crippen LogP contribution in [0.4, 0.5) is 5.69 Å². The molecule has 0 atom stereocenters. The summed E-state index contributed by atoms with van der Waals surface area (Å²) in [5.41, 5.74) is 1.03. The summed E-state index contributed by atoms with van der Waals surface area (Å²) in [6.07, 6.45) is 0. The molecule has 1 aromatic carbocycles. The Morgan fingerprint density at radius 2 is 1.89 bits per heavy atom. The molecule has 0 saturated heterocycles. The molecule has 0 aliphatic rings. The molecule has 3 N–H and O–H groups in total. The average Bonchev–Trinajstić information content (AvgIpc) is 1.91. The SMILES string of the molecule is NSNc1ccccc1. The van der Waals surface area contributed by atoms with Crippen LogP contribution in [-0.2, 0) is 0 Å². The molecule has 0 saturated carbocycles. The van der Waals surface area contributed by atoms with Crippen molar-refractivity contribution in [1.82, 2.24) is 0 Å². The minimum atomic E-state index is 1.03. The van der Waals surface area contributed by atoms with Crippen LogP contribution < -0.4 is 9.86 Å². The van der Waals surface area contributed by atoms with E-state index in [1.807, 2.05) is 30.3 Å². The molecule has 0 amide bonds. The molecule has 48 valence electrons. The summed E-state index contributed by atoms with van der Waals surface area (Å²) < 4.78 is 2.90. The molecule has 2 nitrogen and oxygen atoms in total. The van der Waals surface area contributed by atoms with Crippen molar-refractivity contribution in [3.8, 4) is 0 Å². The van der Waals surface area contributed by atoms with E-state index in [4.69, 9.17) is 5.14 Å². The van der Waals surface area contributed by atoms with Gasteiger partial charge < -0.3 is 4.72 Å². The second-order valence-electron chi connectivity index (χ2n) is 1.59. The quantitative estimate of drug-likeness (QED) is 0.613. The van der Waals surface area contributed by atoms with Crippen molar-refractivity contribution in [2.24, 2.45) is 5.14 Å². The second kappa shape index (κ2) is 3.37. The minimum absolute atomic E-state index is 1.03. The molecular weight excluding hydrogens is 132 g/mol. The highest BCUT2D eigenvalue weighted by Crippen LogP contribution is 2.06. The van der Waals surface area contributed by atoms with Crippen LogP contribution in [0.1, 0.15) is 0 Å². The van der Waals surface area contributed by atoms with E-state index in [1.54, 1.807) is 0 Å². The molecule has 0 aliphatic heterocycles. The number of nitrogens with one attached hydrogen (secondary N) is 1. The lowest BCUT2D eigenvalue weighted by molar-refractivity contribution is 1.68. The van der Waals surface area contributed by atoms with Gasteiger partial charge in [-0.1, -0.05) is 18.2 Å². The summed E-state index contributed by atoms with van der Waals surface area (Å²) in [6.45, 7) is 0. The fraction of sp³-hybridized carbons (Fsp3) is 0. The Morgan fingerprint density at radius 3 is 2.44 bits per heavy atom. The van der Waals surface area contributed by atoms with Crippen molar-refractivity contribution in [3.05, 3.63) is 30.3 Å². The summed E-state index contributed by atoms with van der Waals surface area (Å²) in [5, 5.41) is 5.17. The Bertz CT molecular complexity index is 164. The van der Waals surface area contributed by atoms with Crippen LogP contribution in [0.2, 0.25) is 0 Å². The Kier molecular flexibility index (Phi) is 2.42. The molecule has 1 aromatic rings. The normalized spacial score (nSPS) is 9.00. The van der Waals surface area contributed by atoms with Gasteiger partial charge in [0, 0.05) is 17.8 Å². The van der Waals surface area contributed by atoms with Crippen LogP contribution in [0.3, 0.4) is 0 Å². The Balaban J connectivity index is 2.61. The first-order valence-electron chi connectivity index (χ1n) is 2.60. The van der Waals surface area contributed by atoms with E-state index in [-0.39, 0.29) is 0 Å². The lowest BCUT2D eigenvalue weighted by atomic mass is 10.3. The predicted molar refractivity (Wildman–Crippen MR) is 41.8 cm³/mol. The summed E-state index contributed by atoms with van der Waals surface area (Å²) in [6, 6.07) is 9.79. The van der Waals surface area contributed by atoms with Gasteiger partial charge in [-0.15, -0.1) is 0 Å². The second-order valence-corrected chi connectivity index (χ2v) is 2.03. The zero-order chi connectivity index (χ0) is 6.53. The molecule has 9 heavy (non-hydrogen) atoms. The van der Waals surface area contributed by atoms with Gasteiger partial charge in [-0.05, 0) is 12.1 Å². The zero-order valence-corrected chi connectivity index (χ0v) is 5.69. The highest BCUT2D eigenvalue weighted by Gasteiger charge is 1.82. The van der Waals surface area contributed by atoms with Crippen LogP contribution in [0.5, 0.6) is 0 Å². The van der Waals surface area contributed by atoms with Crippen LogP contribution >= 0.6 is 12.1 Å². The van der Waals surface area contributed by atoms with Crippen LogP contribution in [0.15, 0.2) is 30.3 Å². The van der Waals surface area contributed by atoms with E-state index in [0.29, 0.717) is 0 Å². The van der Waals surface area contributed by atoms with E-state index in [1.165, 1.54) is 0 Å². The first-order valence-corrected chi connectivity index (χ1v) is 3.48. The number of anilines is 1. The van der Waals surface area contributed by atoms with E-state index >= 15 is 0 Å². The van der Waals surface area contributed by atoms with Gasteiger partial charge in [-0.2, -0.15) is 0 Å². The van der Waals surface area contributed by atoms with Crippen molar-refractivity contribution < 1.29 is 0 Å². The van der Waals surface area contributed by atoms with E-state index in [0.717, 1.165) is 17.8 Å². The van der Waals surface area contributed by atoms with Crippen LogP contribution in [0.25, 0.3) is 0 Å². The van der Waals surface area contributed by atoms with Gasteiger partial charge in [0.05, 0.1) is 0 Å². The van der Waals surface area contributed by atoms with Crippen molar-refractivity contribution >= 4 is 17.8 Å². The third-order valence-electron chi connectivity index (χ3n) is 0.951. The third-order valence-corrected chi connectivity index (χ3v) is 1.30. The van der Waals surface area contributed by atoms with Crippen molar-refractivity contribution in [2.75, 3.05) is 4.72 Å². The number of rotatable bonds is 2. The minimum Gasteiger partial charge on any atom is -0.317 e. The molecule has 3 heteroatoms. The standard InChI is InChI=1S/C6H8N2S/c7-9-8-6-4-2-1-3-5-6/h1-5,8H,7H2. The monoisotopic (exact) mass is 140 g/mol. The third kappa shape index (κ3) is 1.95. The van der Waals surface area contributed by atoms with Crippen molar-refractivity contribution in [2.45, 2.75) is 0 Å². The van der Waals surface area contributed by atoms with Crippen LogP contribution in [-0.4, -0.2) is 0 Å². The number of hydrogen-bond acceptors (Lipinski definition) is 3. The van der Waals surface area contributed by atoms with E-state index in [2.05, 4.69) is 4.72 Å². The molecular formula is C6H8N2S. The molecule has 0 radical (unpaired) electrons. The summed E-state index contributed by atoms with van der Waals surface area (Å²) in [5.74, 6) is 0. The summed E-state index contributed by atoms with van der Waals surface area (Å²) in [4.78, 5) is 0. The number of hydrogen-bond donors (Lipinski definition) is 2. The lowest BCUT2D eigenvalue weighted by Crippen LogP contribution is -1.89. The van der Waals surface area contributed by atoms with Gasteiger partial charge in [-0.25, -0.2) is 0 Å². The molecule has 0 spiro atoms. The van der Waals surface area contributed by atoms with E-state index < -0.39 is 0 Å². The first-order chi connectivity index (χ1) is 4.43.